The fraction of sp³-hybridized carbons (Fsp3) is 0.467. The molecule has 2 rings (SSSR count). The third kappa shape index (κ3) is 4.66. The number of hydrogen-bond donors (Lipinski definition) is 3. The van der Waals surface area contributed by atoms with E-state index in [0.717, 1.165) is 6.42 Å². The number of carbonyl (C=O) groups is 2. The third-order valence-electron chi connectivity index (χ3n) is 3.31. The Morgan fingerprint density at radius 3 is 3.00 bits per heavy atom. The number of rotatable bonds is 4. The number of amides is 3. The first-order chi connectivity index (χ1) is 10.2. The van der Waals surface area contributed by atoms with Gasteiger partial charge in [-0.15, -0.1) is 0 Å². The molecule has 0 saturated carbocycles. The highest BCUT2D eigenvalue weighted by Gasteiger charge is 2.18. The van der Waals surface area contributed by atoms with E-state index in [9.17, 15) is 9.59 Å². The molecule has 3 N–H and O–H groups in total. The number of nitrogens with one attached hydrogen (secondary N) is 3. The minimum Gasteiger partial charge on any atom is -0.492 e. The molecule has 1 atom stereocenters. The average Bonchev–Trinajstić information content (AvgIpc) is 2.66. The highest BCUT2D eigenvalue weighted by atomic mass is 16.5. The van der Waals surface area contributed by atoms with Crippen molar-refractivity contribution in [2.45, 2.75) is 32.2 Å². The molecule has 1 heterocycles. The Hall–Kier alpha value is -2.24. The summed E-state index contributed by atoms with van der Waals surface area (Å²) in [5, 5.41) is 8.49. The topological polar surface area (TPSA) is 79.5 Å². The summed E-state index contributed by atoms with van der Waals surface area (Å²) < 4.78 is 5.46. The maximum atomic E-state index is 12.0. The molecule has 1 unspecified atom stereocenters. The van der Waals surface area contributed by atoms with Crippen LogP contribution in [-0.2, 0) is 4.79 Å². The maximum absolute atomic E-state index is 12.0. The Morgan fingerprint density at radius 1 is 1.38 bits per heavy atom. The zero-order chi connectivity index (χ0) is 15.1. The van der Waals surface area contributed by atoms with Crippen LogP contribution in [0, 0.1) is 0 Å². The largest absolute Gasteiger partial charge is 0.492 e. The van der Waals surface area contributed by atoms with Crippen LogP contribution in [0.5, 0.6) is 5.75 Å². The lowest BCUT2D eigenvalue weighted by atomic mass is 10.1. The van der Waals surface area contributed by atoms with Crippen LogP contribution in [0.3, 0.4) is 0 Å². The first-order valence-corrected chi connectivity index (χ1v) is 7.25. The molecule has 1 fully saturated rings. The van der Waals surface area contributed by atoms with Crippen molar-refractivity contribution in [2.24, 2.45) is 0 Å². The van der Waals surface area contributed by atoms with E-state index in [-0.39, 0.29) is 18.0 Å². The number of benzene rings is 1. The van der Waals surface area contributed by atoms with E-state index in [1.54, 1.807) is 6.07 Å². The van der Waals surface area contributed by atoms with E-state index in [1.165, 1.54) is 0 Å². The molecule has 21 heavy (non-hydrogen) atoms. The fourth-order valence-electron chi connectivity index (χ4n) is 2.26. The molecule has 0 radical (unpaired) electrons. The van der Waals surface area contributed by atoms with E-state index in [0.29, 0.717) is 37.4 Å². The standard InChI is InChI=1S/C15H21N3O3/c1-2-21-13-6-4-3-5-12(13)18-15(20)17-11-7-8-14(19)16-10-9-11/h3-6,11H,2,7-10H2,1H3,(H,16,19)(H2,17,18,20). The molecule has 1 aromatic carbocycles. The van der Waals surface area contributed by atoms with E-state index >= 15 is 0 Å². The van der Waals surface area contributed by atoms with Crippen molar-refractivity contribution in [1.29, 1.82) is 0 Å². The summed E-state index contributed by atoms with van der Waals surface area (Å²) in [7, 11) is 0. The van der Waals surface area contributed by atoms with Crippen LogP contribution in [0.1, 0.15) is 26.2 Å². The van der Waals surface area contributed by atoms with Gasteiger partial charge in [0, 0.05) is 19.0 Å². The second-order valence-electron chi connectivity index (χ2n) is 4.90. The normalized spacial score (nSPS) is 18.3. The predicted octanol–water partition coefficient (Wildman–Crippen LogP) is 1.88. The van der Waals surface area contributed by atoms with Crippen LogP contribution in [-0.4, -0.2) is 31.1 Å². The van der Waals surface area contributed by atoms with Crippen LogP contribution in [0.15, 0.2) is 24.3 Å². The summed E-state index contributed by atoms with van der Waals surface area (Å²) in [6.45, 7) is 3.03. The summed E-state index contributed by atoms with van der Waals surface area (Å²) in [5.74, 6) is 0.689. The molecule has 0 aromatic heterocycles. The molecule has 6 nitrogen and oxygen atoms in total. The van der Waals surface area contributed by atoms with Gasteiger partial charge in [-0.25, -0.2) is 4.79 Å². The quantitative estimate of drug-likeness (QED) is 0.792. The smallest absolute Gasteiger partial charge is 0.319 e. The van der Waals surface area contributed by atoms with Gasteiger partial charge in [-0.2, -0.15) is 0 Å². The number of anilines is 1. The van der Waals surface area contributed by atoms with Gasteiger partial charge in [0.25, 0.3) is 0 Å². The predicted molar refractivity (Wildman–Crippen MR) is 80.4 cm³/mol. The lowest BCUT2D eigenvalue weighted by molar-refractivity contribution is -0.120. The van der Waals surface area contributed by atoms with E-state index in [4.69, 9.17) is 4.74 Å². The van der Waals surface area contributed by atoms with Gasteiger partial charge >= 0.3 is 6.03 Å². The van der Waals surface area contributed by atoms with Crippen molar-refractivity contribution < 1.29 is 14.3 Å². The number of para-hydroxylation sites is 2. The summed E-state index contributed by atoms with van der Waals surface area (Å²) >= 11 is 0. The molecule has 1 aliphatic heterocycles. The van der Waals surface area contributed by atoms with Crippen LogP contribution < -0.4 is 20.7 Å². The number of urea groups is 1. The second-order valence-corrected chi connectivity index (χ2v) is 4.90. The van der Waals surface area contributed by atoms with Crippen molar-refractivity contribution in [1.82, 2.24) is 10.6 Å². The van der Waals surface area contributed by atoms with Crippen molar-refractivity contribution in [3.8, 4) is 5.75 Å². The van der Waals surface area contributed by atoms with Gasteiger partial charge in [-0.3, -0.25) is 4.79 Å². The lowest BCUT2D eigenvalue weighted by Crippen LogP contribution is -2.38. The molecule has 3 amide bonds. The van der Waals surface area contributed by atoms with Crippen LogP contribution >= 0.6 is 0 Å². The Bertz CT molecular complexity index is 505. The van der Waals surface area contributed by atoms with E-state index in [1.807, 2.05) is 25.1 Å². The first kappa shape index (κ1) is 15.2. The van der Waals surface area contributed by atoms with Crippen LogP contribution in [0.2, 0.25) is 0 Å². The molecule has 0 aliphatic carbocycles. The Kier molecular flexibility index (Phi) is 5.43. The van der Waals surface area contributed by atoms with Crippen LogP contribution in [0.4, 0.5) is 10.5 Å². The van der Waals surface area contributed by atoms with Gasteiger partial charge in [0.15, 0.2) is 0 Å². The highest BCUT2D eigenvalue weighted by Crippen LogP contribution is 2.23. The zero-order valence-corrected chi connectivity index (χ0v) is 12.1. The van der Waals surface area contributed by atoms with Gasteiger partial charge < -0.3 is 20.7 Å². The molecule has 1 aromatic rings. The summed E-state index contributed by atoms with van der Waals surface area (Å²) in [5.41, 5.74) is 0.639. The zero-order valence-electron chi connectivity index (χ0n) is 12.1. The Morgan fingerprint density at radius 2 is 2.19 bits per heavy atom. The molecular weight excluding hydrogens is 270 g/mol. The highest BCUT2D eigenvalue weighted by molar-refractivity contribution is 5.91. The van der Waals surface area contributed by atoms with E-state index in [2.05, 4.69) is 16.0 Å². The van der Waals surface area contributed by atoms with Crippen molar-refractivity contribution in [3.63, 3.8) is 0 Å². The number of carbonyl (C=O) groups excluding carboxylic acids is 2. The summed E-state index contributed by atoms with van der Waals surface area (Å²) in [4.78, 5) is 23.3. The SMILES string of the molecule is CCOc1ccccc1NC(=O)NC1CCNC(=O)CC1. The minimum absolute atomic E-state index is 0.00297. The Labute approximate surface area is 124 Å². The summed E-state index contributed by atoms with van der Waals surface area (Å²) in [6.07, 6.45) is 1.85. The van der Waals surface area contributed by atoms with Gasteiger partial charge in [0.2, 0.25) is 5.91 Å². The number of hydrogen-bond acceptors (Lipinski definition) is 3. The Balaban J connectivity index is 1.91. The number of ether oxygens (including phenoxy) is 1. The first-order valence-electron chi connectivity index (χ1n) is 7.25. The van der Waals surface area contributed by atoms with Crippen molar-refractivity contribution in [3.05, 3.63) is 24.3 Å². The molecule has 6 heteroatoms. The van der Waals surface area contributed by atoms with Crippen molar-refractivity contribution in [2.75, 3.05) is 18.5 Å². The monoisotopic (exact) mass is 291 g/mol. The van der Waals surface area contributed by atoms with Gasteiger partial charge in [0.05, 0.1) is 12.3 Å². The van der Waals surface area contributed by atoms with E-state index < -0.39 is 0 Å². The van der Waals surface area contributed by atoms with Gasteiger partial charge in [-0.05, 0) is 31.9 Å². The molecule has 0 spiro atoms. The van der Waals surface area contributed by atoms with Gasteiger partial charge in [-0.1, -0.05) is 12.1 Å². The molecule has 1 saturated heterocycles. The molecule has 114 valence electrons. The summed E-state index contributed by atoms with van der Waals surface area (Å²) in [6, 6.07) is 7.03. The third-order valence-corrected chi connectivity index (χ3v) is 3.31. The molecule has 0 bridgehead atoms. The molecule has 1 aliphatic rings. The van der Waals surface area contributed by atoms with Gasteiger partial charge in [0.1, 0.15) is 5.75 Å². The second kappa shape index (κ2) is 7.52. The molecular formula is C15H21N3O3. The minimum atomic E-state index is -0.276. The maximum Gasteiger partial charge on any atom is 0.319 e. The van der Waals surface area contributed by atoms with Crippen molar-refractivity contribution >= 4 is 17.6 Å². The lowest BCUT2D eigenvalue weighted by Gasteiger charge is -2.17. The van der Waals surface area contributed by atoms with Crippen LogP contribution in [0.25, 0.3) is 0 Å². The fourth-order valence-corrected chi connectivity index (χ4v) is 2.26. The average molecular weight is 291 g/mol.